The summed E-state index contributed by atoms with van der Waals surface area (Å²) < 4.78 is 31.8. The molecule has 0 aliphatic carbocycles. The first kappa shape index (κ1) is 17.3. The second-order valence-corrected chi connectivity index (χ2v) is 7.21. The van der Waals surface area contributed by atoms with Crippen molar-refractivity contribution in [1.29, 1.82) is 0 Å². The van der Waals surface area contributed by atoms with E-state index in [0.717, 1.165) is 6.07 Å². The molecule has 0 spiro atoms. The van der Waals surface area contributed by atoms with Crippen LogP contribution in [0, 0.1) is 10.1 Å². The van der Waals surface area contributed by atoms with Gasteiger partial charge in [-0.15, -0.1) is 0 Å². The molecule has 0 N–H and O–H groups in total. The standard InChI is InChI=1S/C15H16N4O5S/c20-19(21)15-12-13(25(22,23)18-8-10-24-11-9-18)2-3-14(15)17-6-1-4-16-5-7-17/h1-7,12H,8-11H2. The van der Waals surface area contributed by atoms with Gasteiger partial charge in [-0.1, -0.05) is 0 Å². The van der Waals surface area contributed by atoms with Gasteiger partial charge in [0.2, 0.25) is 10.0 Å². The smallest absolute Gasteiger partial charge is 0.294 e. The SMILES string of the molecule is O=[N+]([O-])c1cc(S(=O)(=O)N2CCOCC2)ccc1N1C=CC=NC=C1. The summed E-state index contributed by atoms with van der Waals surface area (Å²) in [6.07, 6.45) is 7.81. The summed E-state index contributed by atoms with van der Waals surface area (Å²) in [6.45, 7) is 1.07. The summed E-state index contributed by atoms with van der Waals surface area (Å²) in [5, 5.41) is 11.5. The molecule has 1 fully saturated rings. The van der Waals surface area contributed by atoms with E-state index in [1.54, 1.807) is 24.7 Å². The third-order valence-electron chi connectivity index (χ3n) is 3.76. The van der Waals surface area contributed by atoms with Gasteiger partial charge in [0.05, 0.1) is 23.0 Å². The first-order valence-corrected chi connectivity index (χ1v) is 8.95. The van der Waals surface area contributed by atoms with Crippen molar-refractivity contribution in [3.8, 4) is 0 Å². The fourth-order valence-corrected chi connectivity index (χ4v) is 3.94. The number of ether oxygens (including phenoxy) is 1. The van der Waals surface area contributed by atoms with E-state index in [2.05, 4.69) is 4.99 Å². The zero-order chi connectivity index (χ0) is 17.9. The molecule has 2 heterocycles. The molecule has 10 heteroatoms. The van der Waals surface area contributed by atoms with Crippen molar-refractivity contribution in [1.82, 2.24) is 4.31 Å². The number of anilines is 1. The molecule has 0 bridgehead atoms. The number of aliphatic imine (C=N–C) groups is 1. The highest BCUT2D eigenvalue weighted by atomic mass is 32.2. The molecule has 132 valence electrons. The zero-order valence-electron chi connectivity index (χ0n) is 13.2. The van der Waals surface area contributed by atoms with Crippen molar-refractivity contribution in [3.63, 3.8) is 0 Å². The first-order chi connectivity index (χ1) is 12.0. The number of nitro benzene ring substituents is 1. The molecule has 2 aliphatic rings. The van der Waals surface area contributed by atoms with E-state index >= 15 is 0 Å². The van der Waals surface area contributed by atoms with Crippen LogP contribution >= 0.6 is 0 Å². The van der Waals surface area contributed by atoms with Crippen LogP contribution in [-0.4, -0.2) is 50.2 Å². The number of hydrogen-bond donors (Lipinski definition) is 0. The number of nitro groups is 1. The molecule has 1 saturated heterocycles. The van der Waals surface area contributed by atoms with Gasteiger partial charge >= 0.3 is 0 Å². The molecule has 0 unspecified atom stereocenters. The average Bonchev–Trinajstić information content (AvgIpc) is 2.91. The Hall–Kier alpha value is -2.56. The Labute approximate surface area is 144 Å². The van der Waals surface area contributed by atoms with Gasteiger partial charge < -0.3 is 9.64 Å². The van der Waals surface area contributed by atoms with Crippen LogP contribution in [-0.2, 0) is 14.8 Å². The third-order valence-corrected chi connectivity index (χ3v) is 5.66. The number of morpholine rings is 1. The van der Waals surface area contributed by atoms with Crippen LogP contribution in [0.3, 0.4) is 0 Å². The Bertz CT molecular complexity index is 841. The van der Waals surface area contributed by atoms with E-state index in [4.69, 9.17) is 4.74 Å². The van der Waals surface area contributed by atoms with Crippen molar-refractivity contribution in [2.45, 2.75) is 4.90 Å². The van der Waals surface area contributed by atoms with E-state index in [0.29, 0.717) is 13.2 Å². The Morgan fingerprint density at radius 1 is 1.20 bits per heavy atom. The third kappa shape index (κ3) is 3.60. The fourth-order valence-electron chi connectivity index (χ4n) is 2.52. The van der Waals surface area contributed by atoms with Gasteiger partial charge in [-0.3, -0.25) is 15.1 Å². The van der Waals surface area contributed by atoms with E-state index < -0.39 is 14.9 Å². The van der Waals surface area contributed by atoms with Crippen LogP contribution in [0.2, 0.25) is 0 Å². The monoisotopic (exact) mass is 364 g/mol. The van der Waals surface area contributed by atoms with Crippen LogP contribution in [0.5, 0.6) is 0 Å². The topological polar surface area (TPSA) is 105 Å². The maximum absolute atomic E-state index is 12.7. The molecule has 0 radical (unpaired) electrons. The Balaban J connectivity index is 2.00. The summed E-state index contributed by atoms with van der Waals surface area (Å²) in [5.41, 5.74) is -0.0468. The molecule has 9 nitrogen and oxygen atoms in total. The highest BCUT2D eigenvalue weighted by Gasteiger charge is 2.29. The molecule has 0 amide bonds. The summed E-state index contributed by atoms with van der Waals surface area (Å²) in [5.74, 6) is 0. The lowest BCUT2D eigenvalue weighted by Gasteiger charge is -2.26. The molecule has 1 aromatic carbocycles. The van der Waals surface area contributed by atoms with E-state index in [9.17, 15) is 18.5 Å². The lowest BCUT2D eigenvalue weighted by Crippen LogP contribution is -2.40. The molecular weight excluding hydrogens is 348 g/mol. The predicted molar refractivity (Wildman–Crippen MR) is 91.9 cm³/mol. The average molecular weight is 364 g/mol. The lowest BCUT2D eigenvalue weighted by atomic mass is 10.2. The van der Waals surface area contributed by atoms with Crippen molar-refractivity contribution < 1.29 is 18.1 Å². The summed E-state index contributed by atoms with van der Waals surface area (Å²) in [4.78, 5) is 16.2. The van der Waals surface area contributed by atoms with Gasteiger partial charge in [0.1, 0.15) is 5.69 Å². The van der Waals surface area contributed by atoms with Crippen LogP contribution in [0.1, 0.15) is 0 Å². The number of sulfonamides is 1. The Morgan fingerprint density at radius 2 is 1.96 bits per heavy atom. The second-order valence-electron chi connectivity index (χ2n) is 5.27. The minimum absolute atomic E-state index is 0.108. The van der Waals surface area contributed by atoms with Gasteiger partial charge in [-0.25, -0.2) is 8.42 Å². The van der Waals surface area contributed by atoms with Crippen LogP contribution in [0.15, 0.2) is 52.8 Å². The maximum atomic E-state index is 12.7. The molecule has 0 aromatic heterocycles. The van der Waals surface area contributed by atoms with Crippen molar-refractivity contribution in [3.05, 3.63) is 53.0 Å². The van der Waals surface area contributed by atoms with E-state index in [1.165, 1.54) is 27.5 Å². The van der Waals surface area contributed by atoms with Gasteiger partial charge in [-0.2, -0.15) is 4.31 Å². The summed E-state index contributed by atoms with van der Waals surface area (Å²) >= 11 is 0. The van der Waals surface area contributed by atoms with Gasteiger partial charge in [-0.05, 0) is 18.2 Å². The zero-order valence-corrected chi connectivity index (χ0v) is 14.0. The molecular formula is C15H16N4O5S. The van der Waals surface area contributed by atoms with Crippen molar-refractivity contribution in [2.24, 2.45) is 4.99 Å². The molecule has 1 aromatic rings. The number of hydrogen-bond acceptors (Lipinski definition) is 7. The molecule has 3 rings (SSSR count). The Morgan fingerprint density at radius 3 is 2.68 bits per heavy atom. The van der Waals surface area contributed by atoms with Gasteiger partial charge in [0.15, 0.2) is 0 Å². The van der Waals surface area contributed by atoms with Gasteiger partial charge in [0.25, 0.3) is 5.69 Å². The fraction of sp³-hybridized carbons (Fsp3) is 0.267. The quantitative estimate of drug-likeness (QED) is 0.592. The first-order valence-electron chi connectivity index (χ1n) is 7.51. The van der Waals surface area contributed by atoms with Crippen LogP contribution < -0.4 is 4.90 Å². The van der Waals surface area contributed by atoms with Crippen molar-refractivity contribution in [2.75, 3.05) is 31.2 Å². The predicted octanol–water partition coefficient (Wildman–Crippen LogP) is 1.49. The number of benzene rings is 1. The normalized spacial score (nSPS) is 18.3. The minimum Gasteiger partial charge on any atom is -0.379 e. The molecule has 0 atom stereocenters. The minimum atomic E-state index is -3.80. The van der Waals surface area contributed by atoms with Gasteiger partial charge in [0, 0.05) is 44.0 Å². The molecule has 25 heavy (non-hydrogen) atoms. The van der Waals surface area contributed by atoms with E-state index in [1.807, 2.05) is 0 Å². The maximum Gasteiger partial charge on any atom is 0.294 e. The second kappa shape index (κ2) is 7.13. The largest absolute Gasteiger partial charge is 0.379 e. The lowest BCUT2D eigenvalue weighted by molar-refractivity contribution is -0.384. The Kier molecular flexibility index (Phi) is 4.93. The van der Waals surface area contributed by atoms with E-state index in [-0.39, 0.29) is 29.4 Å². The summed E-state index contributed by atoms with van der Waals surface area (Å²) in [7, 11) is -3.80. The molecule has 2 aliphatic heterocycles. The van der Waals surface area contributed by atoms with Crippen LogP contribution in [0.25, 0.3) is 0 Å². The molecule has 0 saturated carbocycles. The number of rotatable bonds is 4. The van der Waals surface area contributed by atoms with Crippen LogP contribution in [0.4, 0.5) is 11.4 Å². The summed E-state index contributed by atoms with van der Waals surface area (Å²) in [6, 6.07) is 3.89. The highest BCUT2D eigenvalue weighted by molar-refractivity contribution is 7.89. The number of nitrogens with zero attached hydrogens (tertiary/aromatic N) is 4. The number of allylic oxidation sites excluding steroid dienone is 1. The van der Waals surface area contributed by atoms with Crippen molar-refractivity contribution >= 4 is 27.6 Å². The highest BCUT2D eigenvalue weighted by Crippen LogP contribution is 2.32.